The monoisotopic (exact) mass is 286 g/mol. The van der Waals surface area contributed by atoms with Crippen LogP contribution in [0.25, 0.3) is 11.4 Å². The maximum Gasteiger partial charge on any atom is 0.181 e. The van der Waals surface area contributed by atoms with Crippen LogP contribution < -0.4 is 0 Å². The van der Waals surface area contributed by atoms with Crippen molar-refractivity contribution in [1.29, 1.82) is 0 Å². The molecule has 1 aliphatic rings. The quantitative estimate of drug-likeness (QED) is 0.918. The molecule has 0 amide bonds. The van der Waals surface area contributed by atoms with Crippen LogP contribution in [0, 0.1) is 0 Å². The van der Waals surface area contributed by atoms with Crippen LogP contribution in [0.1, 0.15) is 37.2 Å². The van der Waals surface area contributed by atoms with Gasteiger partial charge in [-0.05, 0) is 38.4 Å². The summed E-state index contributed by atoms with van der Waals surface area (Å²) in [6.07, 6.45) is 2.64. The number of aromatic amines is 1. The van der Waals surface area contributed by atoms with E-state index >= 15 is 0 Å². The van der Waals surface area contributed by atoms with E-state index in [1.54, 1.807) is 7.11 Å². The summed E-state index contributed by atoms with van der Waals surface area (Å²) >= 11 is 0. The second kappa shape index (κ2) is 6.37. The smallest absolute Gasteiger partial charge is 0.181 e. The van der Waals surface area contributed by atoms with Gasteiger partial charge in [0.25, 0.3) is 0 Å². The number of rotatable bonds is 5. The maximum absolute atomic E-state index is 5.05. The van der Waals surface area contributed by atoms with Crippen molar-refractivity contribution in [3.63, 3.8) is 0 Å². The van der Waals surface area contributed by atoms with Gasteiger partial charge in [0.2, 0.25) is 0 Å². The Bertz CT molecular complexity index is 572. The van der Waals surface area contributed by atoms with Gasteiger partial charge >= 0.3 is 0 Å². The van der Waals surface area contributed by atoms with E-state index in [1.807, 2.05) is 0 Å². The minimum absolute atomic E-state index is 0.455. The number of ether oxygens (including phenoxy) is 1. The molecule has 0 radical (unpaired) electrons. The third-order valence-electron chi connectivity index (χ3n) is 4.15. The van der Waals surface area contributed by atoms with Crippen molar-refractivity contribution in [3.8, 4) is 11.4 Å². The summed E-state index contributed by atoms with van der Waals surface area (Å²) < 4.78 is 5.05. The van der Waals surface area contributed by atoms with Crippen molar-refractivity contribution in [2.24, 2.45) is 0 Å². The molecule has 5 heteroatoms. The highest BCUT2D eigenvalue weighted by atomic mass is 16.5. The molecule has 0 spiro atoms. The lowest BCUT2D eigenvalue weighted by Gasteiger charge is -2.24. The molecule has 1 atom stereocenters. The van der Waals surface area contributed by atoms with E-state index in [0.717, 1.165) is 17.2 Å². The standard InChI is InChI=1S/C16H22N4O/c1-12(20-9-3-4-10-20)13-5-7-14(8-6-13)16-17-15(11-21-2)18-19-16/h5-8,12H,3-4,9-11H2,1-2H3,(H,17,18,19)/t12-/m1/s1. The molecule has 5 nitrogen and oxygen atoms in total. The maximum atomic E-state index is 5.05. The van der Waals surface area contributed by atoms with Crippen molar-refractivity contribution in [2.75, 3.05) is 20.2 Å². The molecule has 0 aliphatic carbocycles. The molecular weight excluding hydrogens is 264 g/mol. The highest BCUT2D eigenvalue weighted by Crippen LogP contribution is 2.26. The number of benzene rings is 1. The Hall–Kier alpha value is -1.72. The van der Waals surface area contributed by atoms with Crippen LogP contribution in [-0.2, 0) is 11.3 Å². The number of aromatic nitrogens is 3. The number of nitrogens with one attached hydrogen (secondary N) is 1. The fourth-order valence-corrected chi connectivity index (χ4v) is 2.88. The summed E-state index contributed by atoms with van der Waals surface area (Å²) in [6, 6.07) is 9.05. The zero-order valence-electron chi connectivity index (χ0n) is 12.7. The molecule has 1 saturated heterocycles. The van der Waals surface area contributed by atoms with Crippen LogP contribution in [0.15, 0.2) is 24.3 Å². The third-order valence-corrected chi connectivity index (χ3v) is 4.15. The predicted octanol–water partition coefficient (Wildman–Crippen LogP) is 2.77. The van der Waals surface area contributed by atoms with E-state index in [1.165, 1.54) is 31.5 Å². The molecule has 0 saturated carbocycles. The van der Waals surface area contributed by atoms with Gasteiger partial charge < -0.3 is 4.74 Å². The molecule has 2 aromatic rings. The van der Waals surface area contributed by atoms with Crippen molar-refractivity contribution >= 4 is 0 Å². The lowest BCUT2D eigenvalue weighted by molar-refractivity contribution is 0.178. The van der Waals surface area contributed by atoms with Crippen LogP contribution in [0.4, 0.5) is 0 Å². The second-order valence-corrected chi connectivity index (χ2v) is 5.58. The van der Waals surface area contributed by atoms with E-state index in [-0.39, 0.29) is 0 Å². The number of nitrogens with zero attached hydrogens (tertiary/aromatic N) is 3. The van der Waals surface area contributed by atoms with Gasteiger partial charge in [0.1, 0.15) is 6.61 Å². The van der Waals surface area contributed by atoms with E-state index in [0.29, 0.717) is 12.6 Å². The molecule has 112 valence electrons. The number of likely N-dealkylation sites (tertiary alicyclic amines) is 1. The zero-order chi connectivity index (χ0) is 14.7. The summed E-state index contributed by atoms with van der Waals surface area (Å²) in [4.78, 5) is 6.96. The summed E-state index contributed by atoms with van der Waals surface area (Å²) in [5.74, 6) is 1.48. The predicted molar refractivity (Wildman–Crippen MR) is 81.8 cm³/mol. The van der Waals surface area contributed by atoms with Crippen molar-refractivity contribution in [3.05, 3.63) is 35.7 Å². The molecule has 0 unspecified atom stereocenters. The molecule has 1 aliphatic heterocycles. The van der Waals surface area contributed by atoms with E-state index in [4.69, 9.17) is 4.74 Å². The lowest BCUT2D eigenvalue weighted by atomic mass is 10.0. The Morgan fingerprint density at radius 3 is 2.62 bits per heavy atom. The molecule has 1 aromatic carbocycles. The fourth-order valence-electron chi connectivity index (χ4n) is 2.88. The van der Waals surface area contributed by atoms with Crippen LogP contribution in [0.3, 0.4) is 0 Å². The van der Waals surface area contributed by atoms with Crippen LogP contribution in [0.2, 0.25) is 0 Å². The molecular formula is C16H22N4O. The van der Waals surface area contributed by atoms with E-state index < -0.39 is 0 Å². The van der Waals surface area contributed by atoms with Crippen molar-refractivity contribution < 1.29 is 4.74 Å². The van der Waals surface area contributed by atoms with Crippen molar-refractivity contribution in [2.45, 2.75) is 32.4 Å². The summed E-state index contributed by atoms with van der Waals surface area (Å²) in [5.41, 5.74) is 2.39. The Morgan fingerprint density at radius 1 is 1.24 bits per heavy atom. The van der Waals surface area contributed by atoms with Gasteiger partial charge in [0, 0.05) is 18.7 Å². The number of H-pyrrole nitrogens is 1. The molecule has 2 heterocycles. The second-order valence-electron chi connectivity index (χ2n) is 5.58. The third kappa shape index (κ3) is 3.14. The van der Waals surface area contributed by atoms with Gasteiger partial charge in [-0.15, -0.1) is 0 Å². The fraction of sp³-hybridized carbons (Fsp3) is 0.500. The average Bonchev–Trinajstić information content (AvgIpc) is 3.19. The molecule has 1 aromatic heterocycles. The Labute approximate surface area is 125 Å². The first kappa shape index (κ1) is 14.2. The number of hydrogen-bond acceptors (Lipinski definition) is 4. The molecule has 21 heavy (non-hydrogen) atoms. The summed E-state index contributed by atoms with van der Waals surface area (Å²) in [5, 5.41) is 7.12. The zero-order valence-corrected chi connectivity index (χ0v) is 12.7. The van der Waals surface area contributed by atoms with Crippen LogP contribution in [-0.4, -0.2) is 40.3 Å². The first-order chi connectivity index (χ1) is 10.3. The highest BCUT2D eigenvalue weighted by molar-refractivity contribution is 5.55. The first-order valence-corrected chi connectivity index (χ1v) is 7.52. The van der Waals surface area contributed by atoms with Gasteiger partial charge in [-0.2, -0.15) is 5.10 Å². The number of hydrogen-bond donors (Lipinski definition) is 1. The van der Waals surface area contributed by atoms with E-state index in [9.17, 15) is 0 Å². The van der Waals surface area contributed by atoms with Crippen molar-refractivity contribution in [1.82, 2.24) is 20.1 Å². The molecule has 3 rings (SSSR count). The SMILES string of the molecule is COCc1nc(-c2ccc([C@@H](C)N3CCCC3)cc2)n[nH]1. The van der Waals surface area contributed by atoms with Gasteiger partial charge in [-0.3, -0.25) is 10.00 Å². The Kier molecular flexibility index (Phi) is 4.31. The van der Waals surface area contributed by atoms with Gasteiger partial charge in [-0.25, -0.2) is 4.98 Å². The van der Waals surface area contributed by atoms with Crippen LogP contribution >= 0.6 is 0 Å². The minimum atomic E-state index is 0.455. The van der Waals surface area contributed by atoms with Crippen LogP contribution in [0.5, 0.6) is 0 Å². The Balaban J connectivity index is 1.73. The van der Waals surface area contributed by atoms with Gasteiger partial charge in [-0.1, -0.05) is 24.3 Å². The normalized spacial score (nSPS) is 17.2. The summed E-state index contributed by atoms with van der Waals surface area (Å²) in [6.45, 7) is 5.16. The Morgan fingerprint density at radius 2 is 1.95 bits per heavy atom. The lowest BCUT2D eigenvalue weighted by Crippen LogP contribution is -2.23. The first-order valence-electron chi connectivity index (χ1n) is 7.52. The van der Waals surface area contributed by atoms with Gasteiger partial charge in [0.05, 0.1) is 0 Å². The topological polar surface area (TPSA) is 54.0 Å². The van der Waals surface area contributed by atoms with Gasteiger partial charge in [0.15, 0.2) is 11.6 Å². The minimum Gasteiger partial charge on any atom is -0.377 e. The molecule has 1 N–H and O–H groups in total. The largest absolute Gasteiger partial charge is 0.377 e. The summed E-state index contributed by atoms with van der Waals surface area (Å²) in [7, 11) is 1.65. The molecule has 0 bridgehead atoms. The average molecular weight is 286 g/mol. The molecule has 1 fully saturated rings. The highest BCUT2D eigenvalue weighted by Gasteiger charge is 2.19. The van der Waals surface area contributed by atoms with E-state index in [2.05, 4.69) is 51.3 Å². The number of methoxy groups -OCH3 is 1.